The number of rotatable bonds is 3. The molecule has 2 N–H and O–H groups in total. The zero-order valence-electron chi connectivity index (χ0n) is 7.76. The Kier molecular flexibility index (Phi) is 3.88. The van der Waals surface area contributed by atoms with Crippen LogP contribution in [0.3, 0.4) is 0 Å². The van der Waals surface area contributed by atoms with Gasteiger partial charge in [-0.2, -0.15) is 0 Å². The molecule has 0 saturated heterocycles. The molecule has 0 saturated carbocycles. The van der Waals surface area contributed by atoms with E-state index in [4.69, 9.17) is 0 Å². The van der Waals surface area contributed by atoms with Crippen LogP contribution in [0.15, 0.2) is 21.5 Å². The number of carbonyl (C=O) groups excluding carboxylic acids is 1. The third kappa shape index (κ3) is 2.70. The lowest BCUT2D eigenvalue weighted by Crippen LogP contribution is -2.25. The Morgan fingerprint density at radius 2 is 2.36 bits per heavy atom. The fourth-order valence-electron chi connectivity index (χ4n) is 0.928. The van der Waals surface area contributed by atoms with Gasteiger partial charge in [0.05, 0.1) is 10.0 Å². The molecule has 0 aliphatic rings. The molecular formula is C9H11BrN2O2. The van der Waals surface area contributed by atoms with E-state index in [9.17, 15) is 9.59 Å². The minimum Gasteiger partial charge on any atom is -0.352 e. The molecule has 4 nitrogen and oxygen atoms in total. The van der Waals surface area contributed by atoms with Gasteiger partial charge in [-0.15, -0.1) is 0 Å². The molecule has 0 aliphatic heterocycles. The predicted octanol–water partition coefficient (Wildman–Crippen LogP) is 1.28. The van der Waals surface area contributed by atoms with E-state index in [1.807, 2.05) is 6.92 Å². The maximum atomic E-state index is 11.4. The molecule has 0 unspecified atom stereocenters. The summed E-state index contributed by atoms with van der Waals surface area (Å²) in [6.45, 7) is 2.61. The van der Waals surface area contributed by atoms with Crippen LogP contribution in [0.5, 0.6) is 0 Å². The van der Waals surface area contributed by atoms with Crippen molar-refractivity contribution in [3.05, 3.63) is 32.7 Å². The van der Waals surface area contributed by atoms with Gasteiger partial charge in [0.2, 0.25) is 0 Å². The van der Waals surface area contributed by atoms with Crippen molar-refractivity contribution in [2.24, 2.45) is 0 Å². The summed E-state index contributed by atoms with van der Waals surface area (Å²) < 4.78 is 0.363. The second-order valence-corrected chi connectivity index (χ2v) is 3.68. The first-order valence-electron chi connectivity index (χ1n) is 4.31. The van der Waals surface area contributed by atoms with E-state index in [0.29, 0.717) is 16.6 Å². The minimum atomic E-state index is -0.239. The van der Waals surface area contributed by atoms with Crippen LogP contribution < -0.4 is 10.9 Å². The number of aromatic nitrogens is 1. The molecule has 1 rings (SSSR count). The van der Waals surface area contributed by atoms with Crippen LogP contribution in [0.25, 0.3) is 0 Å². The van der Waals surface area contributed by atoms with Crippen LogP contribution in [0.4, 0.5) is 0 Å². The molecule has 1 heterocycles. The molecule has 0 radical (unpaired) electrons. The highest BCUT2D eigenvalue weighted by molar-refractivity contribution is 9.10. The molecule has 0 bridgehead atoms. The summed E-state index contributed by atoms with van der Waals surface area (Å²) in [6, 6.07) is 1.50. The molecular weight excluding hydrogens is 248 g/mol. The third-order valence-corrected chi connectivity index (χ3v) is 2.24. The standard InChI is InChI=1S/C9H11BrN2O2/c1-2-3-11-8(13)6-4-7(10)9(14)12-5-6/h4-5H,2-3H2,1H3,(H,11,13)(H,12,14). The van der Waals surface area contributed by atoms with Crippen LogP contribution in [0.2, 0.25) is 0 Å². The molecule has 0 spiro atoms. The average molecular weight is 259 g/mol. The number of amides is 1. The zero-order valence-corrected chi connectivity index (χ0v) is 9.35. The van der Waals surface area contributed by atoms with Crippen molar-refractivity contribution in [2.45, 2.75) is 13.3 Å². The molecule has 1 aromatic rings. The molecule has 0 aliphatic carbocycles. The largest absolute Gasteiger partial charge is 0.352 e. The van der Waals surface area contributed by atoms with E-state index in [-0.39, 0.29) is 11.5 Å². The summed E-state index contributed by atoms with van der Waals surface area (Å²) in [5, 5.41) is 2.71. The maximum Gasteiger partial charge on any atom is 0.262 e. The zero-order chi connectivity index (χ0) is 10.6. The Bertz CT molecular complexity index is 387. The fourth-order valence-corrected chi connectivity index (χ4v) is 1.29. The number of H-pyrrole nitrogens is 1. The van der Waals surface area contributed by atoms with Gasteiger partial charge < -0.3 is 10.3 Å². The summed E-state index contributed by atoms with van der Waals surface area (Å²) >= 11 is 3.06. The van der Waals surface area contributed by atoms with Gasteiger partial charge in [0.1, 0.15) is 0 Å². The highest BCUT2D eigenvalue weighted by Crippen LogP contribution is 2.04. The summed E-state index contributed by atoms with van der Waals surface area (Å²) in [7, 11) is 0. The lowest BCUT2D eigenvalue weighted by atomic mass is 10.2. The Labute approximate surface area is 89.9 Å². The molecule has 0 fully saturated rings. The van der Waals surface area contributed by atoms with Crippen LogP contribution in [0.1, 0.15) is 23.7 Å². The average Bonchev–Trinajstić information content (AvgIpc) is 2.18. The molecule has 14 heavy (non-hydrogen) atoms. The Hall–Kier alpha value is -1.10. The first-order valence-corrected chi connectivity index (χ1v) is 5.11. The van der Waals surface area contributed by atoms with Gasteiger partial charge in [-0.25, -0.2) is 0 Å². The highest BCUT2D eigenvalue weighted by atomic mass is 79.9. The van der Waals surface area contributed by atoms with Crippen molar-refractivity contribution in [1.82, 2.24) is 10.3 Å². The number of aromatic amines is 1. The van der Waals surface area contributed by atoms with E-state index >= 15 is 0 Å². The van der Waals surface area contributed by atoms with Crippen molar-refractivity contribution in [3.8, 4) is 0 Å². The van der Waals surface area contributed by atoms with E-state index in [1.54, 1.807) is 0 Å². The molecule has 1 aromatic heterocycles. The van der Waals surface area contributed by atoms with E-state index in [0.717, 1.165) is 6.42 Å². The van der Waals surface area contributed by atoms with Gasteiger partial charge in [-0.3, -0.25) is 9.59 Å². The highest BCUT2D eigenvalue weighted by Gasteiger charge is 2.06. The minimum absolute atomic E-state index is 0.177. The van der Waals surface area contributed by atoms with Gasteiger partial charge >= 0.3 is 0 Å². The predicted molar refractivity (Wildman–Crippen MR) is 57.4 cm³/mol. The summed E-state index contributed by atoms with van der Waals surface area (Å²) in [4.78, 5) is 24.8. The van der Waals surface area contributed by atoms with Gasteiger partial charge in [0.25, 0.3) is 11.5 Å². The second kappa shape index (κ2) is 4.95. The summed E-state index contributed by atoms with van der Waals surface area (Å²) in [5.74, 6) is -0.177. The van der Waals surface area contributed by atoms with Gasteiger partial charge in [0.15, 0.2) is 0 Å². The molecule has 1 amide bonds. The molecule has 76 valence electrons. The first-order chi connectivity index (χ1) is 6.65. The quantitative estimate of drug-likeness (QED) is 0.858. The normalized spacial score (nSPS) is 9.86. The lowest BCUT2D eigenvalue weighted by molar-refractivity contribution is 0.0953. The van der Waals surface area contributed by atoms with E-state index in [1.165, 1.54) is 12.3 Å². The van der Waals surface area contributed by atoms with Crippen LogP contribution in [-0.2, 0) is 0 Å². The van der Waals surface area contributed by atoms with Crippen molar-refractivity contribution in [3.63, 3.8) is 0 Å². The van der Waals surface area contributed by atoms with Gasteiger partial charge in [0, 0.05) is 12.7 Å². The van der Waals surface area contributed by atoms with Crippen LogP contribution in [-0.4, -0.2) is 17.4 Å². The monoisotopic (exact) mass is 258 g/mol. The first kappa shape index (κ1) is 11.0. The van der Waals surface area contributed by atoms with Crippen molar-refractivity contribution in [1.29, 1.82) is 0 Å². The molecule has 5 heteroatoms. The maximum absolute atomic E-state index is 11.4. The fraction of sp³-hybridized carbons (Fsp3) is 0.333. The number of hydrogen-bond acceptors (Lipinski definition) is 2. The Morgan fingerprint density at radius 3 is 2.93 bits per heavy atom. The van der Waals surface area contributed by atoms with E-state index < -0.39 is 0 Å². The number of carbonyl (C=O) groups is 1. The number of halogens is 1. The third-order valence-electron chi connectivity index (χ3n) is 1.66. The second-order valence-electron chi connectivity index (χ2n) is 2.82. The van der Waals surface area contributed by atoms with Crippen molar-refractivity contribution >= 4 is 21.8 Å². The number of pyridine rings is 1. The summed E-state index contributed by atoms with van der Waals surface area (Å²) in [6.07, 6.45) is 2.29. The smallest absolute Gasteiger partial charge is 0.262 e. The van der Waals surface area contributed by atoms with Crippen molar-refractivity contribution in [2.75, 3.05) is 6.54 Å². The van der Waals surface area contributed by atoms with Crippen LogP contribution in [0, 0.1) is 0 Å². The Morgan fingerprint density at radius 1 is 1.64 bits per heavy atom. The summed E-state index contributed by atoms with van der Waals surface area (Å²) in [5.41, 5.74) is 0.210. The number of hydrogen-bond donors (Lipinski definition) is 2. The topological polar surface area (TPSA) is 62.0 Å². The molecule has 0 aromatic carbocycles. The van der Waals surface area contributed by atoms with Crippen molar-refractivity contribution < 1.29 is 4.79 Å². The Balaban J connectivity index is 2.81. The SMILES string of the molecule is CCCNC(=O)c1c[nH]c(=O)c(Br)c1. The van der Waals surface area contributed by atoms with E-state index in [2.05, 4.69) is 26.2 Å². The number of nitrogens with one attached hydrogen (secondary N) is 2. The van der Waals surface area contributed by atoms with Gasteiger partial charge in [-0.1, -0.05) is 6.92 Å². The van der Waals surface area contributed by atoms with Crippen LogP contribution >= 0.6 is 15.9 Å². The van der Waals surface area contributed by atoms with Gasteiger partial charge in [-0.05, 0) is 28.4 Å². The molecule has 0 atom stereocenters. The lowest BCUT2D eigenvalue weighted by Gasteiger charge is -2.02.